The number of carbonyl (C=O) groups is 3. The van der Waals surface area contributed by atoms with Crippen LogP contribution in [0.3, 0.4) is 0 Å². The van der Waals surface area contributed by atoms with E-state index in [4.69, 9.17) is 9.47 Å². The van der Waals surface area contributed by atoms with E-state index in [0.717, 1.165) is 6.42 Å². The lowest BCUT2D eigenvalue weighted by Crippen LogP contribution is -2.32. The van der Waals surface area contributed by atoms with Gasteiger partial charge in [-0.25, -0.2) is 5.43 Å². The number of hydrogen-bond acceptors (Lipinski definition) is 7. The summed E-state index contributed by atoms with van der Waals surface area (Å²) < 4.78 is 10.8. The number of nitrogens with one attached hydrogen (secondary N) is 2. The van der Waals surface area contributed by atoms with Gasteiger partial charge in [0.15, 0.2) is 0 Å². The molecule has 0 aliphatic rings. The van der Waals surface area contributed by atoms with Crippen LogP contribution in [0.4, 0.5) is 5.69 Å². The van der Waals surface area contributed by atoms with Crippen LogP contribution in [0.2, 0.25) is 0 Å². The van der Waals surface area contributed by atoms with Gasteiger partial charge in [-0.3, -0.25) is 9.59 Å². The molecule has 2 amide bonds. The number of ether oxygens (including phenoxy) is 2. The molecule has 2 aromatic carbocycles. The number of amides is 2. The largest absolute Gasteiger partial charge is 0.545 e. The van der Waals surface area contributed by atoms with E-state index in [1.807, 2.05) is 6.92 Å². The van der Waals surface area contributed by atoms with Crippen molar-refractivity contribution < 1.29 is 29.0 Å². The predicted molar refractivity (Wildman–Crippen MR) is 109 cm³/mol. The normalized spacial score (nSPS) is 10.5. The van der Waals surface area contributed by atoms with Crippen molar-refractivity contribution in [2.24, 2.45) is 5.10 Å². The van der Waals surface area contributed by atoms with Crippen molar-refractivity contribution in [3.05, 3.63) is 53.6 Å². The van der Waals surface area contributed by atoms with E-state index in [0.29, 0.717) is 36.0 Å². The van der Waals surface area contributed by atoms with Crippen LogP contribution < -0.4 is 25.3 Å². The Balaban J connectivity index is 1.97. The number of hydrazone groups is 1. The molecule has 0 unspecified atom stereocenters. The molecule has 0 heterocycles. The number of hydrogen-bond donors (Lipinski definition) is 2. The molecule has 0 atom stereocenters. The molecule has 0 radical (unpaired) electrons. The predicted octanol–water partition coefficient (Wildman–Crippen LogP) is 1.33. The van der Waals surface area contributed by atoms with E-state index in [2.05, 4.69) is 15.8 Å². The van der Waals surface area contributed by atoms with E-state index in [1.54, 1.807) is 31.2 Å². The molecule has 0 aromatic heterocycles. The zero-order chi connectivity index (χ0) is 21.9. The van der Waals surface area contributed by atoms with Crippen molar-refractivity contribution in [1.82, 2.24) is 5.43 Å². The summed E-state index contributed by atoms with van der Waals surface area (Å²) in [6.07, 6.45) is 2.06. The molecule has 2 aromatic rings. The maximum absolute atomic E-state index is 12.0. The molecule has 30 heavy (non-hydrogen) atoms. The monoisotopic (exact) mass is 412 g/mol. The zero-order valence-electron chi connectivity index (χ0n) is 16.6. The lowest BCUT2D eigenvalue weighted by atomic mass is 10.1. The number of rotatable bonds is 9. The molecule has 0 saturated heterocycles. The second kappa shape index (κ2) is 11.2. The van der Waals surface area contributed by atoms with Crippen molar-refractivity contribution in [1.29, 1.82) is 0 Å². The van der Waals surface area contributed by atoms with Crippen molar-refractivity contribution in [2.75, 3.05) is 18.5 Å². The van der Waals surface area contributed by atoms with Gasteiger partial charge in [0.25, 0.3) is 0 Å². The number of aromatic carboxylic acids is 1. The fraction of sp³-hybridized carbons (Fsp3) is 0.238. The highest BCUT2D eigenvalue weighted by molar-refractivity contribution is 6.39. The average Bonchev–Trinajstić information content (AvgIpc) is 2.74. The van der Waals surface area contributed by atoms with Crippen LogP contribution in [0.15, 0.2) is 47.6 Å². The van der Waals surface area contributed by atoms with Crippen LogP contribution in [0.25, 0.3) is 0 Å². The van der Waals surface area contributed by atoms with E-state index in [1.165, 1.54) is 24.4 Å². The Morgan fingerprint density at radius 1 is 1.03 bits per heavy atom. The molecule has 2 rings (SSSR count). The van der Waals surface area contributed by atoms with E-state index in [9.17, 15) is 19.5 Å². The summed E-state index contributed by atoms with van der Waals surface area (Å²) in [5.74, 6) is -2.24. The topological polar surface area (TPSA) is 129 Å². The van der Waals surface area contributed by atoms with Gasteiger partial charge < -0.3 is 24.7 Å². The Morgan fingerprint density at radius 3 is 2.40 bits per heavy atom. The Hall–Kier alpha value is -3.88. The number of anilines is 1. The highest BCUT2D eigenvalue weighted by atomic mass is 16.5. The van der Waals surface area contributed by atoms with Crippen molar-refractivity contribution >= 4 is 29.7 Å². The van der Waals surface area contributed by atoms with Gasteiger partial charge in [-0.1, -0.05) is 6.92 Å². The smallest absolute Gasteiger partial charge is 0.329 e. The standard InChI is InChI=1S/C21H23N3O6/c1-3-11-30-17-8-6-16(7-9-17)23-19(25)20(26)24-22-13-15-12-14(21(27)28)5-10-18(15)29-4-2/h5-10,12-13H,3-4,11H2,1-2H3,(H,23,25)(H,24,26)(H,27,28)/p-1/b22-13-. The van der Waals surface area contributed by atoms with Gasteiger partial charge in [0.1, 0.15) is 11.5 Å². The van der Waals surface area contributed by atoms with Crippen LogP contribution in [-0.2, 0) is 9.59 Å². The fourth-order valence-electron chi connectivity index (χ4n) is 2.32. The quantitative estimate of drug-likeness (QED) is 0.363. The first-order valence-corrected chi connectivity index (χ1v) is 9.30. The van der Waals surface area contributed by atoms with Crippen LogP contribution in [0, 0.1) is 0 Å². The summed E-state index contributed by atoms with van der Waals surface area (Å²) in [7, 11) is 0. The molecule has 9 nitrogen and oxygen atoms in total. The molecular weight excluding hydrogens is 390 g/mol. The van der Waals surface area contributed by atoms with Crippen LogP contribution in [0.5, 0.6) is 11.5 Å². The number of carboxylic acids is 1. The molecule has 0 bridgehead atoms. The lowest BCUT2D eigenvalue weighted by molar-refractivity contribution is -0.255. The molecule has 158 valence electrons. The van der Waals surface area contributed by atoms with Gasteiger partial charge in [-0.15, -0.1) is 0 Å². The lowest BCUT2D eigenvalue weighted by Gasteiger charge is -2.10. The molecule has 0 aliphatic carbocycles. The first kappa shape index (κ1) is 22.4. The number of carboxylic acid groups (broad SMARTS) is 1. The van der Waals surface area contributed by atoms with Crippen LogP contribution in [0.1, 0.15) is 36.2 Å². The first-order chi connectivity index (χ1) is 14.4. The number of carbonyl (C=O) groups excluding carboxylic acids is 3. The van der Waals surface area contributed by atoms with Crippen molar-refractivity contribution in [2.45, 2.75) is 20.3 Å². The molecule has 0 saturated carbocycles. The van der Waals surface area contributed by atoms with Crippen molar-refractivity contribution in [3.8, 4) is 11.5 Å². The summed E-state index contributed by atoms with van der Waals surface area (Å²) in [6.45, 7) is 4.70. The van der Waals surface area contributed by atoms with Gasteiger partial charge in [0, 0.05) is 11.3 Å². The summed E-state index contributed by atoms with van der Waals surface area (Å²) in [6, 6.07) is 10.7. The summed E-state index contributed by atoms with van der Waals surface area (Å²) in [4.78, 5) is 34.9. The molecule has 9 heteroatoms. The van der Waals surface area contributed by atoms with Gasteiger partial charge in [-0.05, 0) is 61.4 Å². The van der Waals surface area contributed by atoms with Crippen LogP contribution >= 0.6 is 0 Å². The summed E-state index contributed by atoms with van der Waals surface area (Å²) in [5.41, 5.74) is 2.74. The second-order valence-electron chi connectivity index (χ2n) is 6.00. The fourth-order valence-corrected chi connectivity index (χ4v) is 2.32. The SMILES string of the molecule is CCCOc1ccc(NC(=O)C(=O)N/N=C\c2cc(C(=O)[O-])ccc2OCC)cc1. The summed E-state index contributed by atoms with van der Waals surface area (Å²) in [5, 5.41) is 17.1. The molecule has 0 aliphatic heterocycles. The second-order valence-corrected chi connectivity index (χ2v) is 6.00. The minimum Gasteiger partial charge on any atom is -0.545 e. The van der Waals surface area contributed by atoms with Gasteiger partial charge in [-0.2, -0.15) is 5.10 Å². The maximum Gasteiger partial charge on any atom is 0.329 e. The van der Waals surface area contributed by atoms with Crippen molar-refractivity contribution in [3.63, 3.8) is 0 Å². The van der Waals surface area contributed by atoms with Gasteiger partial charge in [0.05, 0.1) is 25.4 Å². The van der Waals surface area contributed by atoms with Crippen LogP contribution in [-0.4, -0.2) is 37.2 Å². The average molecular weight is 412 g/mol. The molecule has 2 N–H and O–H groups in total. The Bertz CT molecular complexity index is 925. The Labute approximate surface area is 173 Å². The third-order valence-electron chi connectivity index (χ3n) is 3.71. The first-order valence-electron chi connectivity index (χ1n) is 9.30. The third kappa shape index (κ3) is 6.62. The van der Waals surface area contributed by atoms with E-state index in [-0.39, 0.29) is 5.56 Å². The number of benzene rings is 2. The minimum absolute atomic E-state index is 0.0738. The van der Waals surface area contributed by atoms with Gasteiger partial charge in [0.2, 0.25) is 0 Å². The molecule has 0 fully saturated rings. The van der Waals surface area contributed by atoms with Gasteiger partial charge >= 0.3 is 11.8 Å². The third-order valence-corrected chi connectivity index (χ3v) is 3.71. The summed E-state index contributed by atoms with van der Waals surface area (Å²) >= 11 is 0. The van der Waals surface area contributed by atoms with E-state index >= 15 is 0 Å². The molecular formula is C21H22N3O6-. The minimum atomic E-state index is -1.36. The Kier molecular flexibility index (Phi) is 8.37. The maximum atomic E-state index is 12.0. The highest BCUT2D eigenvalue weighted by Crippen LogP contribution is 2.18. The molecule has 0 spiro atoms. The zero-order valence-corrected chi connectivity index (χ0v) is 16.6. The highest BCUT2D eigenvalue weighted by Gasteiger charge is 2.13. The van der Waals surface area contributed by atoms with E-state index < -0.39 is 17.8 Å². The Morgan fingerprint density at radius 2 is 1.77 bits per heavy atom. The number of nitrogens with zero attached hydrogens (tertiary/aromatic N) is 1.